The average molecular weight is 390 g/mol. The Morgan fingerprint density at radius 1 is 0.600 bits per heavy atom. The predicted molar refractivity (Wildman–Crippen MR) is 129 cm³/mol. The van der Waals surface area contributed by atoms with E-state index < -0.39 is 0 Å². The van der Waals surface area contributed by atoms with Crippen molar-refractivity contribution in [2.75, 3.05) is 4.90 Å². The molecule has 0 unspecified atom stereocenters. The second kappa shape index (κ2) is 7.18. The second-order valence-electron chi connectivity index (χ2n) is 8.70. The number of nitrogens with zero attached hydrogens (tertiary/aromatic N) is 1. The van der Waals surface area contributed by atoms with Gasteiger partial charge in [-0.15, -0.1) is 0 Å². The first-order valence-corrected chi connectivity index (χ1v) is 10.8. The number of benzene rings is 4. The van der Waals surface area contributed by atoms with Crippen molar-refractivity contribution in [2.45, 2.75) is 32.6 Å². The third kappa shape index (κ3) is 2.93. The van der Waals surface area contributed by atoms with Gasteiger partial charge >= 0.3 is 0 Å². The maximum absolute atomic E-state index is 2.43. The molecule has 1 nitrogen and oxygen atoms in total. The second-order valence-corrected chi connectivity index (χ2v) is 8.70. The van der Waals surface area contributed by atoms with E-state index in [-0.39, 0.29) is 5.41 Å². The quantitative estimate of drug-likeness (QED) is 0.299. The molecule has 4 aromatic carbocycles. The first-order valence-electron chi connectivity index (χ1n) is 10.8. The lowest BCUT2D eigenvalue weighted by Crippen LogP contribution is -2.17. The van der Waals surface area contributed by atoms with Crippen molar-refractivity contribution < 1.29 is 0 Å². The molecule has 148 valence electrons. The molecule has 1 heteroatoms. The Hall–Kier alpha value is -3.32. The summed E-state index contributed by atoms with van der Waals surface area (Å²) in [6.45, 7) is 6.92. The number of hydrogen-bond donors (Lipinski definition) is 0. The van der Waals surface area contributed by atoms with Crippen molar-refractivity contribution in [2.24, 2.45) is 0 Å². The van der Waals surface area contributed by atoms with E-state index in [0.29, 0.717) is 0 Å². The van der Waals surface area contributed by atoms with Gasteiger partial charge in [0.05, 0.1) is 11.4 Å². The molecule has 0 aliphatic carbocycles. The summed E-state index contributed by atoms with van der Waals surface area (Å²) in [5.74, 6) is 0. The van der Waals surface area contributed by atoms with Crippen LogP contribution in [0.3, 0.4) is 0 Å². The lowest BCUT2D eigenvalue weighted by Gasteiger charge is -2.30. The summed E-state index contributed by atoms with van der Waals surface area (Å²) in [7, 11) is 0. The fraction of sp³-hybridized carbons (Fsp3) is 0.172. The standard InChI is InChI=1S/C29H27N/c1-4-29(2,3)21-12-11-13-22(20-21)30-27-18-9-7-16-25(27)23-14-5-6-15-24(23)26-17-8-10-19-28(26)30/h5-20H,4H2,1-3H3. The zero-order chi connectivity index (χ0) is 20.7. The van der Waals surface area contributed by atoms with Gasteiger partial charge in [0.15, 0.2) is 0 Å². The third-order valence-electron chi connectivity index (χ3n) is 6.57. The zero-order valence-electron chi connectivity index (χ0n) is 17.9. The molecule has 0 saturated carbocycles. The fourth-order valence-electron chi connectivity index (χ4n) is 4.42. The molecular weight excluding hydrogens is 362 g/mol. The highest BCUT2D eigenvalue weighted by Gasteiger charge is 2.26. The molecule has 0 aromatic heterocycles. The van der Waals surface area contributed by atoms with Crippen molar-refractivity contribution in [3.8, 4) is 22.3 Å². The van der Waals surface area contributed by atoms with Crippen LogP contribution in [0.15, 0.2) is 97.1 Å². The van der Waals surface area contributed by atoms with E-state index in [1.165, 1.54) is 44.9 Å². The Morgan fingerprint density at radius 3 is 1.63 bits per heavy atom. The van der Waals surface area contributed by atoms with Crippen LogP contribution in [-0.2, 0) is 5.41 Å². The number of hydrogen-bond acceptors (Lipinski definition) is 1. The number of anilines is 3. The van der Waals surface area contributed by atoms with Crippen LogP contribution in [0.1, 0.15) is 32.8 Å². The first-order chi connectivity index (χ1) is 14.6. The van der Waals surface area contributed by atoms with Crippen molar-refractivity contribution in [3.63, 3.8) is 0 Å². The molecule has 1 heterocycles. The monoisotopic (exact) mass is 389 g/mol. The van der Waals surface area contributed by atoms with Gasteiger partial charge < -0.3 is 4.90 Å². The molecule has 1 aliphatic rings. The van der Waals surface area contributed by atoms with Gasteiger partial charge in [-0.3, -0.25) is 0 Å². The summed E-state index contributed by atoms with van der Waals surface area (Å²) in [6.07, 6.45) is 1.11. The van der Waals surface area contributed by atoms with Crippen LogP contribution >= 0.6 is 0 Å². The molecule has 30 heavy (non-hydrogen) atoms. The van der Waals surface area contributed by atoms with Gasteiger partial charge in [-0.05, 0) is 52.8 Å². The Kier molecular flexibility index (Phi) is 4.47. The summed E-state index contributed by atoms with van der Waals surface area (Å²) in [4.78, 5) is 2.43. The summed E-state index contributed by atoms with van der Waals surface area (Å²) < 4.78 is 0. The molecule has 0 bridgehead atoms. The Balaban J connectivity index is 1.83. The van der Waals surface area contributed by atoms with Gasteiger partial charge in [-0.2, -0.15) is 0 Å². The predicted octanol–water partition coefficient (Wildman–Crippen LogP) is 8.49. The van der Waals surface area contributed by atoms with Gasteiger partial charge in [-0.25, -0.2) is 0 Å². The van der Waals surface area contributed by atoms with Gasteiger partial charge in [0.1, 0.15) is 0 Å². The molecule has 0 radical (unpaired) electrons. The zero-order valence-corrected chi connectivity index (χ0v) is 17.9. The normalized spacial score (nSPS) is 12.6. The van der Waals surface area contributed by atoms with Crippen molar-refractivity contribution in [1.82, 2.24) is 0 Å². The Morgan fingerprint density at radius 2 is 1.10 bits per heavy atom. The molecule has 0 fully saturated rings. The Bertz CT molecular complexity index is 1150. The summed E-state index contributed by atoms with van der Waals surface area (Å²) in [5, 5.41) is 0. The Labute approximate surface area is 179 Å². The van der Waals surface area contributed by atoms with Gasteiger partial charge in [0, 0.05) is 16.8 Å². The minimum atomic E-state index is 0.143. The number of rotatable bonds is 3. The maximum atomic E-state index is 2.43. The van der Waals surface area contributed by atoms with Crippen molar-refractivity contribution in [1.29, 1.82) is 0 Å². The summed E-state index contributed by atoms with van der Waals surface area (Å²) in [6, 6.07) is 35.4. The average Bonchev–Trinajstić information content (AvgIpc) is 2.92. The first kappa shape index (κ1) is 18.7. The molecule has 1 aliphatic heterocycles. The van der Waals surface area contributed by atoms with Crippen LogP contribution in [0.2, 0.25) is 0 Å². The van der Waals surface area contributed by atoms with Crippen molar-refractivity contribution >= 4 is 17.1 Å². The maximum Gasteiger partial charge on any atom is 0.0540 e. The minimum Gasteiger partial charge on any atom is -0.309 e. The minimum absolute atomic E-state index is 0.143. The van der Waals surface area contributed by atoms with Crippen LogP contribution in [0.25, 0.3) is 22.3 Å². The molecular formula is C29H27N. The highest BCUT2D eigenvalue weighted by atomic mass is 15.1. The van der Waals surface area contributed by atoms with E-state index in [0.717, 1.165) is 6.42 Å². The van der Waals surface area contributed by atoms with Gasteiger partial charge in [-0.1, -0.05) is 93.6 Å². The fourth-order valence-corrected chi connectivity index (χ4v) is 4.42. The van der Waals surface area contributed by atoms with E-state index >= 15 is 0 Å². The van der Waals surface area contributed by atoms with E-state index in [2.05, 4.69) is 123 Å². The highest BCUT2D eigenvalue weighted by molar-refractivity contribution is 6.02. The van der Waals surface area contributed by atoms with E-state index in [4.69, 9.17) is 0 Å². The van der Waals surface area contributed by atoms with Crippen LogP contribution in [0.5, 0.6) is 0 Å². The molecule has 0 N–H and O–H groups in total. The van der Waals surface area contributed by atoms with Gasteiger partial charge in [0.25, 0.3) is 0 Å². The lowest BCUT2D eigenvalue weighted by atomic mass is 9.82. The molecule has 5 rings (SSSR count). The van der Waals surface area contributed by atoms with Crippen LogP contribution in [0.4, 0.5) is 17.1 Å². The van der Waals surface area contributed by atoms with Crippen LogP contribution in [0, 0.1) is 0 Å². The highest BCUT2D eigenvalue weighted by Crippen LogP contribution is 2.50. The molecule has 0 atom stereocenters. The molecule has 0 amide bonds. The molecule has 4 aromatic rings. The summed E-state index contributed by atoms with van der Waals surface area (Å²) in [5.41, 5.74) is 10.3. The largest absolute Gasteiger partial charge is 0.309 e. The van der Waals surface area contributed by atoms with Crippen molar-refractivity contribution in [3.05, 3.63) is 103 Å². The SMILES string of the molecule is CCC(C)(C)c1cccc(N2c3ccccc3-c3ccccc3-c3ccccc32)c1. The number of fused-ring (bicyclic) bond motifs is 5. The van der Waals surface area contributed by atoms with Gasteiger partial charge in [0.2, 0.25) is 0 Å². The van der Waals surface area contributed by atoms with E-state index in [1.54, 1.807) is 0 Å². The third-order valence-corrected chi connectivity index (χ3v) is 6.57. The topological polar surface area (TPSA) is 3.24 Å². The molecule has 0 spiro atoms. The van der Waals surface area contributed by atoms with E-state index in [1.807, 2.05) is 0 Å². The lowest BCUT2D eigenvalue weighted by molar-refractivity contribution is 0.506. The molecule has 0 saturated heterocycles. The smallest absolute Gasteiger partial charge is 0.0540 e. The summed E-state index contributed by atoms with van der Waals surface area (Å²) >= 11 is 0. The van der Waals surface area contributed by atoms with Crippen LogP contribution < -0.4 is 4.90 Å². The number of para-hydroxylation sites is 2. The van der Waals surface area contributed by atoms with E-state index in [9.17, 15) is 0 Å². The van der Waals surface area contributed by atoms with Crippen LogP contribution in [-0.4, -0.2) is 0 Å².